The molecule has 94 valence electrons. The van der Waals surface area contributed by atoms with Crippen LogP contribution in [0.2, 0.25) is 0 Å². The maximum Gasteiger partial charge on any atom is 0.0512 e. The third-order valence-electron chi connectivity index (χ3n) is 4.43. The summed E-state index contributed by atoms with van der Waals surface area (Å²) in [6, 6.07) is 0.917. The topological polar surface area (TPSA) is 23.5 Å². The molecule has 3 atom stereocenters. The van der Waals surface area contributed by atoms with Crippen molar-refractivity contribution in [2.24, 2.45) is 5.92 Å². The average molecular weight is 225 g/mol. The van der Waals surface area contributed by atoms with Gasteiger partial charge in [0.15, 0.2) is 0 Å². The largest absolute Gasteiger partial charge is 0.393 e. The molecule has 2 fully saturated rings. The van der Waals surface area contributed by atoms with E-state index in [1.807, 2.05) is 6.92 Å². The van der Waals surface area contributed by atoms with E-state index in [1.165, 1.54) is 58.0 Å². The molecule has 0 spiro atoms. The molecule has 1 saturated heterocycles. The number of hydrogen-bond acceptors (Lipinski definition) is 2. The summed E-state index contributed by atoms with van der Waals surface area (Å²) < 4.78 is 0. The first-order valence-corrected chi connectivity index (χ1v) is 7.19. The number of hydrogen-bond donors (Lipinski definition) is 1. The minimum atomic E-state index is -0.111. The van der Waals surface area contributed by atoms with Gasteiger partial charge in [-0.15, -0.1) is 0 Å². The highest BCUT2D eigenvalue weighted by Gasteiger charge is 2.34. The van der Waals surface area contributed by atoms with Gasteiger partial charge in [-0.05, 0) is 70.9 Å². The predicted molar refractivity (Wildman–Crippen MR) is 67.5 cm³/mol. The predicted octanol–water partition coefficient (Wildman–Crippen LogP) is 2.80. The third-order valence-corrected chi connectivity index (χ3v) is 4.43. The maximum absolute atomic E-state index is 9.23. The van der Waals surface area contributed by atoms with Gasteiger partial charge >= 0.3 is 0 Å². The Morgan fingerprint density at radius 2 is 2.00 bits per heavy atom. The first-order valence-electron chi connectivity index (χ1n) is 7.19. The summed E-state index contributed by atoms with van der Waals surface area (Å²) in [6.07, 6.45) is 10.6. The molecule has 0 radical (unpaired) electrons. The van der Waals surface area contributed by atoms with Crippen LogP contribution in [-0.4, -0.2) is 35.2 Å². The quantitative estimate of drug-likeness (QED) is 0.727. The van der Waals surface area contributed by atoms with Gasteiger partial charge in [-0.2, -0.15) is 0 Å². The number of unbranched alkanes of at least 4 members (excludes halogenated alkanes) is 1. The van der Waals surface area contributed by atoms with Gasteiger partial charge in [0.05, 0.1) is 6.10 Å². The maximum atomic E-state index is 9.23. The Hall–Kier alpha value is -0.0800. The van der Waals surface area contributed by atoms with Gasteiger partial charge in [-0.1, -0.05) is 6.42 Å². The molecule has 0 amide bonds. The molecule has 2 aliphatic rings. The van der Waals surface area contributed by atoms with Crippen LogP contribution in [0.3, 0.4) is 0 Å². The summed E-state index contributed by atoms with van der Waals surface area (Å²) >= 11 is 0. The van der Waals surface area contributed by atoms with Crippen molar-refractivity contribution in [1.82, 2.24) is 4.90 Å². The van der Waals surface area contributed by atoms with Gasteiger partial charge in [-0.25, -0.2) is 0 Å². The zero-order valence-electron chi connectivity index (χ0n) is 10.7. The molecular formula is C14H27NO. The van der Waals surface area contributed by atoms with Gasteiger partial charge in [0.2, 0.25) is 0 Å². The molecule has 0 aromatic rings. The van der Waals surface area contributed by atoms with Crippen LogP contribution in [0.1, 0.15) is 58.3 Å². The first kappa shape index (κ1) is 12.4. The molecule has 1 saturated carbocycles. The number of rotatable bonds is 5. The fraction of sp³-hybridized carbons (Fsp3) is 1.00. The second-order valence-corrected chi connectivity index (χ2v) is 5.78. The van der Waals surface area contributed by atoms with Crippen molar-refractivity contribution in [2.75, 3.05) is 13.1 Å². The second kappa shape index (κ2) is 6.02. The number of fused-ring (bicyclic) bond motifs is 1. The number of nitrogens with zero attached hydrogens (tertiary/aromatic N) is 1. The summed E-state index contributed by atoms with van der Waals surface area (Å²) in [6.45, 7) is 4.50. The summed E-state index contributed by atoms with van der Waals surface area (Å²) in [5.74, 6) is 1.02. The zero-order chi connectivity index (χ0) is 11.4. The van der Waals surface area contributed by atoms with E-state index in [4.69, 9.17) is 0 Å². The van der Waals surface area contributed by atoms with Gasteiger partial charge in [-0.3, -0.25) is 0 Å². The molecule has 0 bridgehead atoms. The smallest absolute Gasteiger partial charge is 0.0512 e. The lowest BCUT2D eigenvalue weighted by molar-refractivity contribution is 0.108. The van der Waals surface area contributed by atoms with Crippen molar-refractivity contribution in [2.45, 2.75) is 70.4 Å². The highest BCUT2D eigenvalue weighted by atomic mass is 16.3. The fourth-order valence-electron chi connectivity index (χ4n) is 3.59. The molecule has 0 aromatic heterocycles. The Balaban J connectivity index is 1.68. The minimum absolute atomic E-state index is 0.111. The molecule has 3 unspecified atom stereocenters. The third kappa shape index (κ3) is 3.21. The standard InChI is InChI=1S/C14H27NO/c1-12(16)6-2-3-10-15-11-5-8-13-7-4-9-14(13)15/h12-14,16H,2-11H2,1H3. The monoisotopic (exact) mass is 225 g/mol. The van der Waals surface area contributed by atoms with Crippen LogP contribution in [-0.2, 0) is 0 Å². The van der Waals surface area contributed by atoms with E-state index < -0.39 is 0 Å². The molecule has 0 aromatic carbocycles. The summed E-state index contributed by atoms with van der Waals surface area (Å²) in [7, 11) is 0. The van der Waals surface area contributed by atoms with E-state index in [2.05, 4.69) is 4.90 Å². The molecule has 1 aliphatic carbocycles. The number of aliphatic hydroxyl groups excluding tert-OH is 1. The van der Waals surface area contributed by atoms with Crippen molar-refractivity contribution in [3.8, 4) is 0 Å². The van der Waals surface area contributed by atoms with Crippen molar-refractivity contribution < 1.29 is 5.11 Å². The van der Waals surface area contributed by atoms with Crippen molar-refractivity contribution in [1.29, 1.82) is 0 Å². The van der Waals surface area contributed by atoms with Gasteiger partial charge < -0.3 is 10.0 Å². The lowest BCUT2D eigenvalue weighted by Gasteiger charge is -2.37. The molecular weight excluding hydrogens is 198 g/mol. The van der Waals surface area contributed by atoms with Gasteiger partial charge in [0, 0.05) is 6.04 Å². The van der Waals surface area contributed by atoms with Gasteiger partial charge in [0.1, 0.15) is 0 Å². The summed E-state index contributed by atoms with van der Waals surface area (Å²) in [4.78, 5) is 2.74. The van der Waals surface area contributed by atoms with E-state index >= 15 is 0 Å². The van der Waals surface area contributed by atoms with Crippen LogP contribution in [0.25, 0.3) is 0 Å². The first-order chi connectivity index (χ1) is 7.77. The van der Waals surface area contributed by atoms with Crippen LogP contribution >= 0.6 is 0 Å². The Morgan fingerprint density at radius 1 is 1.19 bits per heavy atom. The van der Waals surface area contributed by atoms with Crippen LogP contribution in [0, 0.1) is 5.92 Å². The molecule has 1 aliphatic heterocycles. The Labute approximate surface area is 100 Å². The SMILES string of the molecule is CC(O)CCCCN1CCCC2CCCC21. The van der Waals surface area contributed by atoms with Crippen LogP contribution in [0.4, 0.5) is 0 Å². The molecule has 1 N–H and O–H groups in total. The lowest BCUT2D eigenvalue weighted by Crippen LogP contribution is -2.42. The molecule has 2 heteroatoms. The second-order valence-electron chi connectivity index (χ2n) is 5.78. The summed E-state index contributed by atoms with van der Waals surface area (Å²) in [5.41, 5.74) is 0. The number of likely N-dealkylation sites (tertiary alicyclic amines) is 1. The van der Waals surface area contributed by atoms with E-state index in [1.54, 1.807) is 0 Å². The molecule has 2 rings (SSSR count). The van der Waals surface area contributed by atoms with E-state index in [0.29, 0.717) is 0 Å². The van der Waals surface area contributed by atoms with Crippen molar-refractivity contribution in [3.63, 3.8) is 0 Å². The molecule has 2 nitrogen and oxygen atoms in total. The fourth-order valence-corrected chi connectivity index (χ4v) is 3.59. The number of aliphatic hydroxyl groups is 1. The van der Waals surface area contributed by atoms with E-state index in [0.717, 1.165) is 18.4 Å². The molecule has 16 heavy (non-hydrogen) atoms. The lowest BCUT2D eigenvalue weighted by atomic mass is 9.92. The molecule has 1 heterocycles. The Kier molecular flexibility index (Phi) is 4.66. The van der Waals surface area contributed by atoms with Crippen molar-refractivity contribution >= 4 is 0 Å². The highest BCUT2D eigenvalue weighted by Crippen LogP contribution is 2.36. The van der Waals surface area contributed by atoms with Crippen molar-refractivity contribution in [3.05, 3.63) is 0 Å². The van der Waals surface area contributed by atoms with Crippen LogP contribution < -0.4 is 0 Å². The Morgan fingerprint density at radius 3 is 2.81 bits per heavy atom. The van der Waals surface area contributed by atoms with Crippen LogP contribution in [0.5, 0.6) is 0 Å². The van der Waals surface area contributed by atoms with E-state index in [9.17, 15) is 5.11 Å². The minimum Gasteiger partial charge on any atom is -0.393 e. The number of piperidine rings is 1. The highest BCUT2D eigenvalue weighted by molar-refractivity contribution is 4.88. The average Bonchev–Trinajstić information content (AvgIpc) is 2.72. The normalized spacial score (nSPS) is 32.6. The summed E-state index contributed by atoms with van der Waals surface area (Å²) in [5, 5.41) is 9.23. The zero-order valence-corrected chi connectivity index (χ0v) is 10.7. The Bertz CT molecular complexity index is 205. The van der Waals surface area contributed by atoms with Crippen LogP contribution in [0.15, 0.2) is 0 Å². The van der Waals surface area contributed by atoms with Gasteiger partial charge in [0.25, 0.3) is 0 Å². The van der Waals surface area contributed by atoms with E-state index in [-0.39, 0.29) is 6.10 Å².